The number of ether oxygens (including phenoxy) is 1. The largest absolute Gasteiger partial charge is 0.383 e. The van der Waals surface area contributed by atoms with Crippen LogP contribution >= 0.6 is 0 Å². The predicted molar refractivity (Wildman–Crippen MR) is 105 cm³/mol. The monoisotopic (exact) mass is 419 g/mol. The molecule has 0 saturated carbocycles. The highest BCUT2D eigenvalue weighted by molar-refractivity contribution is 7.89. The number of hydrogen-bond donors (Lipinski definition) is 0. The Hall–Kier alpha value is -2.30. The van der Waals surface area contributed by atoms with Crippen LogP contribution in [0.2, 0.25) is 0 Å². The Bertz CT molecular complexity index is 1010. The van der Waals surface area contributed by atoms with E-state index in [-0.39, 0.29) is 17.6 Å². The van der Waals surface area contributed by atoms with E-state index in [2.05, 4.69) is 10.3 Å². The molecule has 1 aromatic carbocycles. The summed E-state index contributed by atoms with van der Waals surface area (Å²) in [5.74, 6) is -0.241. The molecule has 156 valence electrons. The van der Waals surface area contributed by atoms with E-state index >= 15 is 0 Å². The Morgan fingerprint density at radius 3 is 2.79 bits per heavy atom. The van der Waals surface area contributed by atoms with Gasteiger partial charge in [0.15, 0.2) is 5.69 Å². The van der Waals surface area contributed by atoms with Crippen LogP contribution in [0.25, 0.3) is 0 Å². The average Bonchev–Trinajstić information content (AvgIpc) is 3.32. The van der Waals surface area contributed by atoms with Crippen LogP contribution in [-0.2, 0) is 27.6 Å². The number of rotatable bonds is 7. The molecule has 0 unspecified atom stereocenters. The average molecular weight is 420 g/mol. The maximum Gasteiger partial charge on any atom is 0.275 e. The van der Waals surface area contributed by atoms with Crippen molar-refractivity contribution in [1.82, 2.24) is 24.2 Å². The lowest BCUT2D eigenvalue weighted by Gasteiger charge is -2.37. The van der Waals surface area contributed by atoms with Crippen molar-refractivity contribution in [3.05, 3.63) is 41.2 Å². The summed E-state index contributed by atoms with van der Waals surface area (Å²) in [5.41, 5.74) is 2.63. The summed E-state index contributed by atoms with van der Waals surface area (Å²) in [6, 6.07) is 5.32. The fourth-order valence-corrected chi connectivity index (χ4v) is 5.28. The van der Waals surface area contributed by atoms with E-state index in [9.17, 15) is 13.2 Å². The molecule has 1 saturated heterocycles. The molecule has 1 aromatic heterocycles. The van der Waals surface area contributed by atoms with E-state index < -0.39 is 10.0 Å². The third-order valence-corrected chi connectivity index (χ3v) is 7.45. The second kappa shape index (κ2) is 7.85. The Morgan fingerprint density at radius 2 is 2.03 bits per heavy atom. The first-order valence-corrected chi connectivity index (χ1v) is 11.1. The lowest BCUT2D eigenvalue weighted by atomic mass is 10.1. The molecule has 4 rings (SSSR count). The van der Waals surface area contributed by atoms with Gasteiger partial charge in [0.25, 0.3) is 5.91 Å². The highest BCUT2D eigenvalue weighted by Crippen LogP contribution is 2.30. The van der Waals surface area contributed by atoms with Crippen molar-refractivity contribution in [3.8, 4) is 0 Å². The van der Waals surface area contributed by atoms with Crippen molar-refractivity contribution in [2.75, 3.05) is 40.4 Å². The van der Waals surface area contributed by atoms with Crippen molar-refractivity contribution in [1.29, 1.82) is 0 Å². The molecule has 10 heteroatoms. The van der Waals surface area contributed by atoms with Gasteiger partial charge in [-0.25, -0.2) is 13.1 Å². The second-order valence-corrected chi connectivity index (χ2v) is 9.50. The SMILES string of the molecule is COCCN(C)C(=O)c1cn(C2CN(S(=O)(=O)c3ccc4c(c3)CCC4)C2)nn1. The number of aryl methyl sites for hydroxylation is 2. The molecule has 2 heterocycles. The first-order chi connectivity index (χ1) is 13.9. The first kappa shape index (κ1) is 20.0. The highest BCUT2D eigenvalue weighted by Gasteiger charge is 2.39. The number of carbonyl (C=O) groups excluding carboxylic acids is 1. The van der Waals surface area contributed by atoms with Crippen LogP contribution in [-0.4, -0.2) is 78.9 Å². The molecule has 0 atom stereocenters. The Balaban J connectivity index is 1.40. The highest BCUT2D eigenvalue weighted by atomic mass is 32.2. The molecule has 1 aliphatic heterocycles. The zero-order valence-corrected chi connectivity index (χ0v) is 17.4. The summed E-state index contributed by atoms with van der Waals surface area (Å²) < 4.78 is 33.8. The van der Waals surface area contributed by atoms with E-state index in [1.165, 1.54) is 14.8 Å². The fraction of sp³-hybridized carbons (Fsp3) is 0.526. The van der Waals surface area contributed by atoms with Gasteiger partial charge < -0.3 is 9.64 Å². The summed E-state index contributed by atoms with van der Waals surface area (Å²) in [5, 5.41) is 7.97. The van der Waals surface area contributed by atoms with Crippen LogP contribution in [0.4, 0.5) is 0 Å². The van der Waals surface area contributed by atoms with Crippen LogP contribution in [0.1, 0.15) is 34.1 Å². The molecule has 9 nitrogen and oxygen atoms in total. The molecule has 0 spiro atoms. The summed E-state index contributed by atoms with van der Waals surface area (Å²) >= 11 is 0. The number of benzene rings is 1. The molecular weight excluding hydrogens is 394 g/mol. The van der Waals surface area contributed by atoms with E-state index in [0.29, 0.717) is 31.1 Å². The molecule has 1 fully saturated rings. The topological polar surface area (TPSA) is 97.6 Å². The molecule has 0 radical (unpaired) electrons. The standard InChI is InChI=1S/C19H25N5O4S/c1-22(8-9-28-2)19(25)18-13-24(21-20-18)16-11-23(12-16)29(26,27)17-7-6-14-4-3-5-15(14)10-17/h6-7,10,13,16H,3-5,8-9,11-12H2,1-2H3. The maximum absolute atomic E-state index is 12.9. The van der Waals surface area contributed by atoms with Gasteiger partial charge in [0.1, 0.15) is 0 Å². The van der Waals surface area contributed by atoms with Crippen LogP contribution in [0.5, 0.6) is 0 Å². The van der Waals surface area contributed by atoms with E-state index in [4.69, 9.17) is 4.74 Å². The third-order valence-electron chi connectivity index (χ3n) is 5.62. The quantitative estimate of drug-likeness (QED) is 0.656. The van der Waals surface area contributed by atoms with Crippen LogP contribution < -0.4 is 0 Å². The van der Waals surface area contributed by atoms with Gasteiger partial charge in [0.2, 0.25) is 10.0 Å². The number of amides is 1. The molecule has 0 bridgehead atoms. The van der Waals surface area contributed by atoms with Gasteiger partial charge in [0.05, 0.1) is 23.7 Å². The third kappa shape index (κ3) is 3.79. The van der Waals surface area contributed by atoms with E-state index in [1.807, 2.05) is 12.1 Å². The number of methoxy groups -OCH3 is 1. The Kier molecular flexibility index (Phi) is 5.41. The van der Waals surface area contributed by atoms with Gasteiger partial charge in [-0.15, -0.1) is 5.10 Å². The van der Waals surface area contributed by atoms with Crippen LogP contribution in [0, 0.1) is 0 Å². The van der Waals surface area contributed by atoms with Gasteiger partial charge >= 0.3 is 0 Å². The lowest BCUT2D eigenvalue weighted by molar-refractivity contribution is 0.0738. The fourth-order valence-electron chi connectivity index (χ4n) is 3.72. The van der Waals surface area contributed by atoms with Gasteiger partial charge in [-0.2, -0.15) is 4.31 Å². The smallest absolute Gasteiger partial charge is 0.275 e. The summed E-state index contributed by atoms with van der Waals surface area (Å²) in [4.78, 5) is 14.2. The number of nitrogens with zero attached hydrogens (tertiary/aromatic N) is 5. The van der Waals surface area contributed by atoms with Crippen molar-refractivity contribution in [2.24, 2.45) is 0 Å². The van der Waals surface area contributed by atoms with Gasteiger partial charge in [-0.1, -0.05) is 11.3 Å². The van der Waals surface area contributed by atoms with Crippen LogP contribution in [0.15, 0.2) is 29.3 Å². The minimum Gasteiger partial charge on any atom is -0.383 e. The van der Waals surface area contributed by atoms with E-state index in [1.54, 1.807) is 31.1 Å². The van der Waals surface area contributed by atoms with Gasteiger partial charge in [-0.3, -0.25) is 4.79 Å². The Labute approximate surface area is 170 Å². The van der Waals surface area contributed by atoms with Gasteiger partial charge in [-0.05, 0) is 42.5 Å². The number of carbonyl (C=O) groups is 1. The van der Waals surface area contributed by atoms with Crippen LogP contribution in [0.3, 0.4) is 0 Å². The molecule has 0 N–H and O–H groups in total. The minimum absolute atomic E-state index is 0.127. The Morgan fingerprint density at radius 1 is 1.28 bits per heavy atom. The molecule has 1 amide bonds. The van der Waals surface area contributed by atoms with Crippen molar-refractivity contribution in [2.45, 2.75) is 30.2 Å². The van der Waals surface area contributed by atoms with Crippen molar-refractivity contribution in [3.63, 3.8) is 0 Å². The summed E-state index contributed by atoms with van der Waals surface area (Å²) in [6.45, 7) is 1.53. The molecule has 2 aromatic rings. The number of hydrogen-bond acceptors (Lipinski definition) is 6. The van der Waals surface area contributed by atoms with Gasteiger partial charge in [0, 0.05) is 33.8 Å². The summed E-state index contributed by atoms with van der Waals surface area (Å²) in [7, 11) is -0.263. The number of sulfonamides is 1. The van der Waals surface area contributed by atoms with Crippen molar-refractivity contribution < 1.29 is 17.9 Å². The number of likely N-dealkylation sites (N-methyl/N-ethyl adjacent to an activating group) is 1. The normalized spacial score (nSPS) is 17.2. The van der Waals surface area contributed by atoms with E-state index in [0.717, 1.165) is 24.8 Å². The molecule has 2 aliphatic rings. The predicted octanol–water partition coefficient (Wildman–Crippen LogP) is 0.731. The first-order valence-electron chi connectivity index (χ1n) is 9.68. The zero-order valence-electron chi connectivity index (χ0n) is 16.6. The van der Waals surface area contributed by atoms with Crippen molar-refractivity contribution >= 4 is 15.9 Å². The molecule has 1 aliphatic carbocycles. The molecule has 29 heavy (non-hydrogen) atoms. The number of fused-ring (bicyclic) bond motifs is 1. The maximum atomic E-state index is 12.9. The minimum atomic E-state index is -3.52. The lowest BCUT2D eigenvalue weighted by Crippen LogP contribution is -2.50. The number of aromatic nitrogens is 3. The summed E-state index contributed by atoms with van der Waals surface area (Å²) in [6.07, 6.45) is 4.62. The molecular formula is C19H25N5O4S. The zero-order chi connectivity index (χ0) is 20.6. The second-order valence-electron chi connectivity index (χ2n) is 7.56.